The van der Waals surface area contributed by atoms with E-state index in [2.05, 4.69) is 20.8 Å². The molecule has 0 aromatic heterocycles. The number of carbonyl (C=O) groups excluding carboxylic acids is 1. The summed E-state index contributed by atoms with van der Waals surface area (Å²) in [5.41, 5.74) is 0. The molecule has 22 heavy (non-hydrogen) atoms. The summed E-state index contributed by atoms with van der Waals surface area (Å²) < 4.78 is 21.7. The molecule has 0 spiro atoms. The molecule has 0 rings (SSSR count). The van der Waals surface area contributed by atoms with Crippen molar-refractivity contribution in [2.45, 2.75) is 64.6 Å². The highest BCUT2D eigenvalue weighted by molar-refractivity contribution is 7.54. The number of Topliss-reactive ketones (excluding diaryl/α,β-unsaturated/α-hetero) is 1. The third kappa shape index (κ3) is 7.05. The van der Waals surface area contributed by atoms with Gasteiger partial charge in [-0.25, -0.2) is 0 Å². The molecule has 0 bridgehead atoms. The van der Waals surface area contributed by atoms with Crippen LogP contribution in [0.3, 0.4) is 0 Å². The normalized spacial score (nSPS) is 14.9. The Bertz CT molecular complexity index is 395. The fourth-order valence-electron chi connectivity index (χ4n) is 2.46. The van der Waals surface area contributed by atoms with Crippen molar-refractivity contribution >= 4 is 21.7 Å². The summed E-state index contributed by atoms with van der Waals surface area (Å²) >= 11 is 0. The highest BCUT2D eigenvalue weighted by Gasteiger charge is 2.40. The zero-order valence-electron chi connectivity index (χ0n) is 15.1. The molecular formula is C15H33O5PSi. The summed E-state index contributed by atoms with van der Waals surface area (Å²) in [7, 11) is -3.00. The maximum Gasteiger partial charge on any atom is 0.337 e. The Morgan fingerprint density at radius 2 is 1.77 bits per heavy atom. The molecule has 0 aliphatic carbocycles. The first-order valence-electron chi connectivity index (χ1n) is 7.85. The second-order valence-corrected chi connectivity index (χ2v) is 13.9. The molecule has 0 heterocycles. The van der Waals surface area contributed by atoms with E-state index in [1.807, 2.05) is 13.1 Å². The van der Waals surface area contributed by atoms with E-state index in [0.29, 0.717) is 6.42 Å². The lowest BCUT2D eigenvalue weighted by Crippen LogP contribution is -2.40. The molecule has 0 aromatic rings. The molecule has 1 atom stereocenters. The Morgan fingerprint density at radius 3 is 2.14 bits per heavy atom. The standard InChI is InChI=1S/C15H33O5PSi/c1-8-9-13(11-15(2,3)22(6,7)18)10-14(16)12-21(17,19-4)20-5/h13,18H,8-12H2,1-7H3. The quantitative estimate of drug-likeness (QED) is 0.445. The SMILES string of the molecule is CCCC(CC(=O)CP(=O)(OC)OC)CC(C)(C)[Si](C)(C)O. The number of hydrogen-bond acceptors (Lipinski definition) is 5. The van der Waals surface area contributed by atoms with E-state index < -0.39 is 15.9 Å². The van der Waals surface area contributed by atoms with Crippen LogP contribution in [-0.2, 0) is 18.4 Å². The van der Waals surface area contributed by atoms with Gasteiger partial charge in [-0.15, -0.1) is 0 Å². The van der Waals surface area contributed by atoms with Crippen molar-refractivity contribution < 1.29 is 23.2 Å². The Balaban J connectivity index is 4.86. The van der Waals surface area contributed by atoms with E-state index in [1.54, 1.807) is 0 Å². The molecule has 0 aromatic carbocycles. The second-order valence-electron chi connectivity index (χ2n) is 7.18. The third-order valence-corrected chi connectivity index (χ3v) is 9.96. The van der Waals surface area contributed by atoms with Crippen molar-refractivity contribution in [3.8, 4) is 0 Å². The minimum atomic E-state index is -3.29. The summed E-state index contributed by atoms with van der Waals surface area (Å²) in [6, 6.07) is 0. The number of hydrogen-bond donors (Lipinski definition) is 1. The maximum absolute atomic E-state index is 12.2. The van der Waals surface area contributed by atoms with E-state index in [1.165, 1.54) is 14.2 Å². The molecule has 1 N–H and O–H groups in total. The molecule has 5 nitrogen and oxygen atoms in total. The molecule has 132 valence electrons. The van der Waals surface area contributed by atoms with Gasteiger partial charge in [0.15, 0.2) is 8.32 Å². The Kier molecular flexibility index (Phi) is 8.74. The van der Waals surface area contributed by atoms with Crippen molar-refractivity contribution in [3.63, 3.8) is 0 Å². The number of carbonyl (C=O) groups is 1. The Hall–Kier alpha value is -0.00312. The van der Waals surface area contributed by atoms with Crippen LogP contribution in [0.2, 0.25) is 18.1 Å². The smallest absolute Gasteiger partial charge is 0.337 e. The van der Waals surface area contributed by atoms with Gasteiger partial charge in [-0.3, -0.25) is 9.36 Å². The minimum Gasteiger partial charge on any atom is -0.432 e. The molecule has 0 aliphatic rings. The highest BCUT2D eigenvalue weighted by Crippen LogP contribution is 2.47. The van der Waals surface area contributed by atoms with E-state index in [-0.39, 0.29) is 22.9 Å². The molecule has 7 heteroatoms. The lowest BCUT2D eigenvalue weighted by Gasteiger charge is -2.38. The van der Waals surface area contributed by atoms with Crippen molar-refractivity contribution in [1.82, 2.24) is 0 Å². The van der Waals surface area contributed by atoms with Crippen LogP contribution in [0.5, 0.6) is 0 Å². The summed E-state index contributed by atoms with van der Waals surface area (Å²) in [5, 5.41) is -0.167. The van der Waals surface area contributed by atoms with Crippen molar-refractivity contribution in [2.75, 3.05) is 20.4 Å². The number of ketones is 1. The fourth-order valence-corrected chi connectivity index (χ4v) is 4.22. The van der Waals surface area contributed by atoms with Gasteiger partial charge in [0, 0.05) is 20.6 Å². The molecule has 0 fully saturated rings. The summed E-state index contributed by atoms with van der Waals surface area (Å²) in [6.07, 6.45) is 2.88. The molecular weight excluding hydrogens is 319 g/mol. The van der Waals surface area contributed by atoms with Gasteiger partial charge in [-0.05, 0) is 30.5 Å². The van der Waals surface area contributed by atoms with Crippen LogP contribution in [0, 0.1) is 5.92 Å². The van der Waals surface area contributed by atoms with Gasteiger partial charge in [0.2, 0.25) is 0 Å². The van der Waals surface area contributed by atoms with Gasteiger partial charge in [-0.2, -0.15) is 0 Å². The Morgan fingerprint density at radius 1 is 1.27 bits per heavy atom. The monoisotopic (exact) mass is 352 g/mol. The van der Waals surface area contributed by atoms with Gasteiger partial charge in [0.25, 0.3) is 0 Å². The van der Waals surface area contributed by atoms with Crippen LogP contribution >= 0.6 is 7.60 Å². The van der Waals surface area contributed by atoms with Gasteiger partial charge in [0.05, 0.1) is 0 Å². The lowest BCUT2D eigenvalue weighted by atomic mass is 9.88. The molecule has 0 radical (unpaired) electrons. The largest absolute Gasteiger partial charge is 0.432 e. The average molecular weight is 352 g/mol. The average Bonchev–Trinajstić information content (AvgIpc) is 2.36. The first-order valence-corrected chi connectivity index (χ1v) is 12.5. The first-order chi connectivity index (χ1) is 9.90. The van der Waals surface area contributed by atoms with Crippen molar-refractivity contribution in [3.05, 3.63) is 0 Å². The predicted molar refractivity (Wildman–Crippen MR) is 92.9 cm³/mol. The van der Waals surface area contributed by atoms with E-state index in [9.17, 15) is 14.2 Å². The van der Waals surface area contributed by atoms with Crippen molar-refractivity contribution in [2.24, 2.45) is 5.92 Å². The van der Waals surface area contributed by atoms with Gasteiger partial charge in [0.1, 0.15) is 11.9 Å². The van der Waals surface area contributed by atoms with E-state index in [0.717, 1.165) is 19.3 Å². The van der Waals surface area contributed by atoms with Crippen LogP contribution in [0.4, 0.5) is 0 Å². The van der Waals surface area contributed by atoms with Crippen LogP contribution in [-0.4, -0.2) is 39.3 Å². The van der Waals surface area contributed by atoms with Gasteiger partial charge >= 0.3 is 7.60 Å². The second kappa shape index (κ2) is 8.74. The van der Waals surface area contributed by atoms with Crippen LogP contribution in [0.1, 0.15) is 46.5 Å². The molecule has 0 saturated heterocycles. The topological polar surface area (TPSA) is 72.8 Å². The van der Waals surface area contributed by atoms with E-state index in [4.69, 9.17) is 9.05 Å². The summed E-state index contributed by atoms with van der Waals surface area (Å²) in [6.45, 7) is 10.1. The third-order valence-electron chi connectivity index (χ3n) is 4.59. The molecule has 0 aliphatic heterocycles. The Labute approximate surface area is 136 Å². The van der Waals surface area contributed by atoms with Gasteiger partial charge < -0.3 is 13.8 Å². The van der Waals surface area contributed by atoms with Crippen LogP contribution in [0.15, 0.2) is 0 Å². The summed E-state index contributed by atoms with van der Waals surface area (Å²) in [5.74, 6) is 0.0901. The minimum absolute atomic E-state index is 0.0984. The summed E-state index contributed by atoms with van der Waals surface area (Å²) in [4.78, 5) is 22.6. The highest BCUT2D eigenvalue weighted by atomic mass is 31.2. The van der Waals surface area contributed by atoms with E-state index >= 15 is 0 Å². The van der Waals surface area contributed by atoms with Crippen LogP contribution in [0.25, 0.3) is 0 Å². The van der Waals surface area contributed by atoms with Gasteiger partial charge in [-0.1, -0.05) is 33.6 Å². The number of rotatable bonds is 11. The zero-order valence-corrected chi connectivity index (χ0v) is 17.0. The molecule has 0 amide bonds. The first kappa shape index (κ1) is 22.0. The zero-order chi connectivity index (χ0) is 17.6. The molecule has 0 saturated carbocycles. The fraction of sp³-hybridized carbons (Fsp3) is 0.933. The molecule has 1 unspecified atom stereocenters. The van der Waals surface area contributed by atoms with Crippen LogP contribution < -0.4 is 0 Å². The van der Waals surface area contributed by atoms with Crippen molar-refractivity contribution in [1.29, 1.82) is 0 Å². The maximum atomic E-state index is 12.2. The lowest BCUT2D eigenvalue weighted by molar-refractivity contribution is -0.118. The predicted octanol–water partition coefficient (Wildman–Crippen LogP) is 4.22.